The van der Waals surface area contributed by atoms with Crippen LogP contribution in [0.4, 0.5) is 5.13 Å². The van der Waals surface area contributed by atoms with Gasteiger partial charge in [-0.05, 0) is 49.3 Å². The Labute approximate surface area is 126 Å². The molecule has 4 heteroatoms. The maximum atomic E-state index is 4.70. The van der Waals surface area contributed by atoms with E-state index in [1.807, 2.05) is 0 Å². The first-order chi connectivity index (χ1) is 9.11. The van der Waals surface area contributed by atoms with Crippen LogP contribution >= 0.6 is 27.3 Å². The van der Waals surface area contributed by atoms with Gasteiger partial charge in [-0.3, -0.25) is 0 Å². The van der Waals surface area contributed by atoms with Crippen molar-refractivity contribution in [3.05, 3.63) is 22.7 Å². The highest BCUT2D eigenvalue weighted by atomic mass is 79.9. The van der Waals surface area contributed by atoms with E-state index in [0.29, 0.717) is 6.04 Å². The predicted octanol–water partition coefficient (Wildman–Crippen LogP) is 5.30. The molecule has 0 aliphatic heterocycles. The molecule has 2 aromatic rings. The van der Waals surface area contributed by atoms with Gasteiger partial charge in [-0.1, -0.05) is 41.1 Å². The average Bonchev–Trinajstić information content (AvgIpc) is 2.74. The zero-order valence-electron chi connectivity index (χ0n) is 11.3. The fourth-order valence-electron chi connectivity index (χ4n) is 3.00. The SMILES string of the molecule is CC1CCC(Nc2nc3cc(Br)ccc3s2)C(C)C1. The van der Waals surface area contributed by atoms with Gasteiger partial charge in [0.25, 0.3) is 0 Å². The summed E-state index contributed by atoms with van der Waals surface area (Å²) in [5.74, 6) is 1.61. The molecule has 3 unspecified atom stereocenters. The first-order valence-electron chi connectivity index (χ1n) is 6.94. The van der Waals surface area contributed by atoms with Crippen molar-refractivity contribution in [2.24, 2.45) is 11.8 Å². The molecule has 1 aliphatic rings. The molecular formula is C15H19BrN2S. The summed E-state index contributed by atoms with van der Waals surface area (Å²) in [6, 6.07) is 6.88. The summed E-state index contributed by atoms with van der Waals surface area (Å²) in [5, 5.41) is 4.72. The summed E-state index contributed by atoms with van der Waals surface area (Å²) in [6.07, 6.45) is 3.93. The van der Waals surface area contributed by atoms with E-state index in [-0.39, 0.29) is 0 Å². The Balaban J connectivity index is 1.77. The van der Waals surface area contributed by atoms with E-state index in [9.17, 15) is 0 Å². The molecule has 3 atom stereocenters. The number of hydrogen-bond acceptors (Lipinski definition) is 3. The number of benzene rings is 1. The molecule has 1 heterocycles. The van der Waals surface area contributed by atoms with Gasteiger partial charge in [0.15, 0.2) is 5.13 Å². The zero-order chi connectivity index (χ0) is 13.4. The molecule has 3 rings (SSSR count). The third-order valence-electron chi connectivity index (χ3n) is 4.09. The van der Waals surface area contributed by atoms with E-state index in [0.717, 1.165) is 27.0 Å². The molecular weight excluding hydrogens is 320 g/mol. The summed E-state index contributed by atoms with van der Waals surface area (Å²) in [5.41, 5.74) is 1.08. The summed E-state index contributed by atoms with van der Waals surface area (Å²) in [6.45, 7) is 4.72. The van der Waals surface area contributed by atoms with Gasteiger partial charge >= 0.3 is 0 Å². The van der Waals surface area contributed by atoms with Gasteiger partial charge in [0.2, 0.25) is 0 Å². The van der Waals surface area contributed by atoms with Crippen molar-refractivity contribution >= 4 is 42.6 Å². The van der Waals surface area contributed by atoms with Crippen LogP contribution in [0.3, 0.4) is 0 Å². The van der Waals surface area contributed by atoms with Crippen LogP contribution in [0.25, 0.3) is 10.2 Å². The van der Waals surface area contributed by atoms with E-state index < -0.39 is 0 Å². The lowest BCUT2D eigenvalue weighted by Crippen LogP contribution is -2.32. The Kier molecular flexibility index (Phi) is 3.81. The Hall–Kier alpha value is -0.610. The fourth-order valence-corrected chi connectivity index (χ4v) is 4.26. The standard InChI is InChI=1S/C15H19BrN2S/c1-9-3-5-12(10(2)7-9)17-15-18-13-8-11(16)4-6-14(13)19-15/h4,6,8-10,12H,3,5,7H2,1-2H3,(H,17,18). The second-order valence-corrected chi connectivity index (χ2v) is 7.72. The van der Waals surface area contributed by atoms with Gasteiger partial charge in [-0.25, -0.2) is 4.98 Å². The van der Waals surface area contributed by atoms with Crippen LogP contribution in [0.5, 0.6) is 0 Å². The minimum atomic E-state index is 0.584. The summed E-state index contributed by atoms with van der Waals surface area (Å²) >= 11 is 5.26. The quantitative estimate of drug-likeness (QED) is 0.803. The molecule has 0 spiro atoms. The molecule has 1 aliphatic carbocycles. The van der Waals surface area contributed by atoms with Gasteiger partial charge in [0.1, 0.15) is 0 Å². The van der Waals surface area contributed by atoms with Crippen LogP contribution in [-0.4, -0.2) is 11.0 Å². The molecule has 0 amide bonds. The summed E-state index contributed by atoms with van der Waals surface area (Å²) < 4.78 is 2.35. The molecule has 1 aromatic heterocycles. The Morgan fingerprint density at radius 1 is 1.32 bits per heavy atom. The molecule has 1 aromatic carbocycles. The minimum absolute atomic E-state index is 0.584. The third-order valence-corrected chi connectivity index (χ3v) is 5.55. The van der Waals surface area contributed by atoms with Gasteiger partial charge < -0.3 is 5.32 Å². The largest absolute Gasteiger partial charge is 0.358 e. The van der Waals surface area contributed by atoms with Crippen molar-refractivity contribution in [1.82, 2.24) is 4.98 Å². The van der Waals surface area contributed by atoms with Crippen LogP contribution in [0, 0.1) is 11.8 Å². The normalized spacial score (nSPS) is 27.6. The maximum absolute atomic E-state index is 4.70. The molecule has 2 nitrogen and oxygen atoms in total. The molecule has 1 fully saturated rings. The maximum Gasteiger partial charge on any atom is 0.184 e. The zero-order valence-corrected chi connectivity index (χ0v) is 13.7. The number of halogens is 1. The van der Waals surface area contributed by atoms with E-state index in [1.165, 1.54) is 24.0 Å². The van der Waals surface area contributed by atoms with E-state index in [4.69, 9.17) is 4.98 Å². The van der Waals surface area contributed by atoms with Crippen LogP contribution < -0.4 is 5.32 Å². The lowest BCUT2D eigenvalue weighted by atomic mass is 9.80. The first-order valence-corrected chi connectivity index (χ1v) is 8.55. The molecule has 1 N–H and O–H groups in total. The fraction of sp³-hybridized carbons (Fsp3) is 0.533. The van der Waals surface area contributed by atoms with Gasteiger partial charge in [0, 0.05) is 10.5 Å². The van der Waals surface area contributed by atoms with Crippen molar-refractivity contribution in [1.29, 1.82) is 0 Å². The summed E-state index contributed by atoms with van der Waals surface area (Å²) in [7, 11) is 0. The number of aromatic nitrogens is 1. The van der Waals surface area contributed by atoms with Crippen molar-refractivity contribution in [3.63, 3.8) is 0 Å². The number of anilines is 1. The van der Waals surface area contributed by atoms with Crippen LogP contribution in [-0.2, 0) is 0 Å². The number of nitrogens with one attached hydrogen (secondary N) is 1. The minimum Gasteiger partial charge on any atom is -0.358 e. The third kappa shape index (κ3) is 2.95. The molecule has 1 saturated carbocycles. The highest BCUT2D eigenvalue weighted by Gasteiger charge is 2.25. The van der Waals surface area contributed by atoms with Crippen LogP contribution in [0.1, 0.15) is 33.1 Å². The second-order valence-electron chi connectivity index (χ2n) is 5.78. The molecule has 0 bridgehead atoms. The Morgan fingerprint density at radius 3 is 2.95 bits per heavy atom. The van der Waals surface area contributed by atoms with Gasteiger partial charge in [0.05, 0.1) is 10.2 Å². The number of fused-ring (bicyclic) bond motifs is 1. The van der Waals surface area contributed by atoms with Gasteiger partial charge in [-0.2, -0.15) is 0 Å². The van der Waals surface area contributed by atoms with Crippen molar-refractivity contribution in [3.8, 4) is 0 Å². The number of nitrogens with zero attached hydrogens (tertiary/aromatic N) is 1. The second kappa shape index (κ2) is 5.41. The summed E-state index contributed by atoms with van der Waals surface area (Å²) in [4.78, 5) is 4.70. The van der Waals surface area contributed by atoms with Crippen LogP contribution in [0.15, 0.2) is 22.7 Å². The Bertz CT molecular complexity index is 581. The van der Waals surface area contributed by atoms with Crippen LogP contribution in [0.2, 0.25) is 0 Å². The lowest BCUT2D eigenvalue weighted by molar-refractivity contribution is 0.276. The average molecular weight is 339 g/mol. The number of hydrogen-bond donors (Lipinski definition) is 1. The topological polar surface area (TPSA) is 24.9 Å². The number of thiazole rings is 1. The molecule has 0 radical (unpaired) electrons. The lowest BCUT2D eigenvalue weighted by Gasteiger charge is -2.33. The van der Waals surface area contributed by atoms with E-state index >= 15 is 0 Å². The first kappa shape index (κ1) is 13.4. The molecule has 102 valence electrons. The highest BCUT2D eigenvalue weighted by molar-refractivity contribution is 9.10. The van der Waals surface area contributed by atoms with Crippen molar-refractivity contribution in [2.75, 3.05) is 5.32 Å². The monoisotopic (exact) mass is 338 g/mol. The smallest absolute Gasteiger partial charge is 0.184 e. The predicted molar refractivity (Wildman–Crippen MR) is 86.9 cm³/mol. The van der Waals surface area contributed by atoms with Crippen molar-refractivity contribution in [2.45, 2.75) is 39.2 Å². The molecule has 0 saturated heterocycles. The number of rotatable bonds is 2. The van der Waals surface area contributed by atoms with E-state index in [1.54, 1.807) is 11.3 Å². The van der Waals surface area contributed by atoms with E-state index in [2.05, 4.69) is 53.3 Å². The molecule has 19 heavy (non-hydrogen) atoms. The van der Waals surface area contributed by atoms with Crippen molar-refractivity contribution < 1.29 is 0 Å². The van der Waals surface area contributed by atoms with Gasteiger partial charge in [-0.15, -0.1) is 0 Å². The highest BCUT2D eigenvalue weighted by Crippen LogP contribution is 2.33. The Morgan fingerprint density at radius 2 is 2.16 bits per heavy atom.